The number of hydrogen-bond donors (Lipinski definition) is 1. The van der Waals surface area contributed by atoms with E-state index in [1.165, 1.54) is 19.2 Å². The fraction of sp³-hybridized carbons (Fsp3) is 0.167. The Morgan fingerprint density at radius 2 is 1.85 bits per heavy atom. The second kappa shape index (κ2) is 6.99. The fourth-order valence-corrected chi connectivity index (χ4v) is 3.75. The average Bonchev–Trinajstić information content (AvgIpc) is 2.96. The molecule has 0 saturated heterocycles. The molecule has 1 heterocycles. The quantitative estimate of drug-likeness (QED) is 0.706. The lowest BCUT2D eigenvalue weighted by Crippen LogP contribution is -2.15. The highest BCUT2D eigenvalue weighted by molar-refractivity contribution is 7.92. The predicted octanol–water partition coefficient (Wildman–Crippen LogP) is 4.05. The summed E-state index contributed by atoms with van der Waals surface area (Å²) in [6, 6.07) is 6.98. The first-order chi connectivity index (χ1) is 12.7. The maximum absolute atomic E-state index is 13.9. The highest BCUT2D eigenvalue weighted by Gasteiger charge is 2.23. The van der Waals surface area contributed by atoms with Gasteiger partial charge >= 0.3 is 0 Å². The zero-order valence-corrected chi connectivity index (χ0v) is 15.5. The van der Waals surface area contributed by atoms with Crippen LogP contribution in [0.4, 0.5) is 14.5 Å². The highest BCUT2D eigenvalue weighted by Crippen LogP contribution is 2.33. The summed E-state index contributed by atoms with van der Waals surface area (Å²) >= 11 is 0. The third-order valence-electron chi connectivity index (χ3n) is 4.05. The zero-order chi connectivity index (χ0) is 19.8. The summed E-state index contributed by atoms with van der Waals surface area (Å²) in [5.41, 5.74) is 1.53. The molecule has 0 saturated carbocycles. The van der Waals surface area contributed by atoms with E-state index < -0.39 is 21.7 Å². The monoisotopic (exact) mass is 394 g/mol. The number of anilines is 1. The third kappa shape index (κ3) is 3.63. The van der Waals surface area contributed by atoms with Gasteiger partial charge in [-0.1, -0.05) is 5.16 Å². The minimum Gasteiger partial charge on any atom is -0.495 e. The Kier molecular flexibility index (Phi) is 4.88. The summed E-state index contributed by atoms with van der Waals surface area (Å²) in [5, 5.41) is 3.86. The molecule has 0 fully saturated rings. The van der Waals surface area contributed by atoms with Gasteiger partial charge in [0.25, 0.3) is 10.0 Å². The van der Waals surface area contributed by atoms with Gasteiger partial charge in [0.15, 0.2) is 5.76 Å². The van der Waals surface area contributed by atoms with Crippen LogP contribution in [0.5, 0.6) is 5.75 Å². The van der Waals surface area contributed by atoms with E-state index in [2.05, 4.69) is 9.88 Å². The van der Waals surface area contributed by atoms with E-state index in [9.17, 15) is 17.2 Å². The molecule has 1 aromatic heterocycles. The first kappa shape index (κ1) is 18.8. The number of aromatic nitrogens is 1. The molecule has 1 N–H and O–H groups in total. The molecule has 0 aliphatic carbocycles. The van der Waals surface area contributed by atoms with Crippen molar-refractivity contribution in [2.75, 3.05) is 11.8 Å². The number of hydrogen-bond acceptors (Lipinski definition) is 5. The Labute approximate surface area is 154 Å². The van der Waals surface area contributed by atoms with Crippen LogP contribution >= 0.6 is 0 Å². The number of methoxy groups -OCH3 is 1. The van der Waals surface area contributed by atoms with Gasteiger partial charge in [0.1, 0.15) is 22.3 Å². The third-order valence-corrected chi connectivity index (χ3v) is 5.43. The molecule has 2 aromatic carbocycles. The van der Waals surface area contributed by atoms with E-state index in [0.29, 0.717) is 23.1 Å². The topological polar surface area (TPSA) is 81.4 Å². The van der Waals surface area contributed by atoms with Crippen molar-refractivity contribution in [1.29, 1.82) is 0 Å². The van der Waals surface area contributed by atoms with Crippen LogP contribution in [0.3, 0.4) is 0 Å². The number of rotatable bonds is 5. The van der Waals surface area contributed by atoms with E-state index in [1.54, 1.807) is 19.9 Å². The molecule has 0 aliphatic heterocycles. The Morgan fingerprint density at radius 3 is 2.44 bits per heavy atom. The number of nitrogens with one attached hydrogen (secondary N) is 1. The van der Waals surface area contributed by atoms with Crippen molar-refractivity contribution in [3.63, 3.8) is 0 Å². The fourth-order valence-electron chi connectivity index (χ4n) is 2.48. The van der Waals surface area contributed by atoms with Crippen molar-refractivity contribution in [2.45, 2.75) is 18.7 Å². The van der Waals surface area contributed by atoms with Crippen molar-refractivity contribution in [1.82, 2.24) is 5.16 Å². The second-order valence-corrected chi connectivity index (χ2v) is 7.47. The normalized spacial score (nSPS) is 11.4. The van der Waals surface area contributed by atoms with Crippen LogP contribution in [-0.4, -0.2) is 20.7 Å². The summed E-state index contributed by atoms with van der Waals surface area (Å²) < 4.78 is 65.0. The summed E-state index contributed by atoms with van der Waals surface area (Å²) in [7, 11) is -2.91. The lowest BCUT2D eigenvalue weighted by atomic mass is 10.1. The molecule has 6 nitrogen and oxygen atoms in total. The number of aryl methyl sites for hydroxylation is 1. The smallest absolute Gasteiger partial charge is 0.265 e. The van der Waals surface area contributed by atoms with Gasteiger partial charge < -0.3 is 9.26 Å². The lowest BCUT2D eigenvalue weighted by molar-refractivity contribution is 0.402. The molecule has 0 aliphatic rings. The number of sulfonamides is 1. The number of ether oxygens (including phenoxy) is 1. The van der Waals surface area contributed by atoms with Gasteiger partial charge in [0, 0.05) is 17.2 Å². The highest BCUT2D eigenvalue weighted by atomic mass is 32.2. The van der Waals surface area contributed by atoms with E-state index in [0.717, 1.165) is 17.7 Å². The molecule has 0 atom stereocenters. The van der Waals surface area contributed by atoms with Gasteiger partial charge in [-0.15, -0.1) is 0 Å². The molecule has 3 rings (SSSR count). The van der Waals surface area contributed by atoms with Crippen LogP contribution in [0.1, 0.15) is 11.3 Å². The van der Waals surface area contributed by atoms with Crippen LogP contribution in [-0.2, 0) is 10.0 Å². The molecule has 0 spiro atoms. The van der Waals surface area contributed by atoms with Crippen molar-refractivity contribution >= 4 is 15.7 Å². The minimum absolute atomic E-state index is 0.0580. The van der Waals surface area contributed by atoms with E-state index in [1.807, 2.05) is 0 Å². The Balaban J connectivity index is 2.08. The summed E-state index contributed by atoms with van der Waals surface area (Å²) in [6.45, 7) is 3.56. The lowest BCUT2D eigenvalue weighted by Gasteiger charge is -2.13. The molecule has 27 heavy (non-hydrogen) atoms. The van der Waals surface area contributed by atoms with Gasteiger partial charge in [0.2, 0.25) is 0 Å². The maximum atomic E-state index is 13.9. The average molecular weight is 394 g/mol. The zero-order valence-electron chi connectivity index (χ0n) is 14.7. The molecular formula is C18H16F2N2O4S. The molecule has 0 radical (unpaired) electrons. The molecule has 0 unspecified atom stereocenters. The minimum atomic E-state index is -4.23. The Bertz CT molecular complexity index is 1110. The van der Waals surface area contributed by atoms with Gasteiger partial charge in [-0.3, -0.25) is 4.72 Å². The summed E-state index contributed by atoms with van der Waals surface area (Å²) in [6.07, 6.45) is 0. The molecule has 0 bridgehead atoms. The van der Waals surface area contributed by atoms with E-state index in [-0.39, 0.29) is 16.3 Å². The van der Waals surface area contributed by atoms with Gasteiger partial charge in [-0.2, -0.15) is 0 Å². The van der Waals surface area contributed by atoms with Crippen LogP contribution < -0.4 is 9.46 Å². The maximum Gasteiger partial charge on any atom is 0.265 e. The van der Waals surface area contributed by atoms with Crippen molar-refractivity contribution in [3.05, 3.63) is 59.3 Å². The van der Waals surface area contributed by atoms with Crippen LogP contribution in [0.15, 0.2) is 45.8 Å². The Morgan fingerprint density at radius 1 is 1.11 bits per heavy atom. The SMILES string of the molecule is COc1ccc(-c2onc(C)c2C)cc1S(=O)(=O)Nc1ccc(F)cc1F. The first-order valence-electron chi connectivity index (χ1n) is 7.82. The molecular weight excluding hydrogens is 378 g/mol. The van der Waals surface area contributed by atoms with Crippen LogP contribution in [0.25, 0.3) is 11.3 Å². The largest absolute Gasteiger partial charge is 0.495 e. The van der Waals surface area contributed by atoms with E-state index in [4.69, 9.17) is 9.26 Å². The summed E-state index contributed by atoms with van der Waals surface area (Å²) in [4.78, 5) is -0.223. The van der Waals surface area contributed by atoms with Gasteiger partial charge in [-0.25, -0.2) is 17.2 Å². The molecule has 3 aromatic rings. The van der Waals surface area contributed by atoms with E-state index >= 15 is 0 Å². The van der Waals surface area contributed by atoms with Crippen molar-refractivity contribution in [2.24, 2.45) is 0 Å². The number of nitrogens with zero attached hydrogens (tertiary/aromatic N) is 1. The molecule has 0 amide bonds. The molecule has 142 valence electrons. The predicted molar refractivity (Wildman–Crippen MR) is 95.1 cm³/mol. The molecule has 9 heteroatoms. The Hall–Kier alpha value is -2.94. The standard InChI is InChI=1S/C18H16F2N2O4S/c1-10-11(2)21-26-18(10)12-4-7-16(25-3)17(8-12)27(23,24)22-15-6-5-13(19)9-14(15)20/h4-9,22H,1-3H3. The van der Waals surface area contributed by atoms with Crippen molar-refractivity contribution < 1.29 is 26.5 Å². The number of halogens is 2. The van der Waals surface area contributed by atoms with Crippen molar-refractivity contribution in [3.8, 4) is 17.1 Å². The summed E-state index contributed by atoms with van der Waals surface area (Å²) in [5.74, 6) is -1.37. The second-order valence-electron chi connectivity index (χ2n) is 5.82. The van der Waals surface area contributed by atoms with Gasteiger partial charge in [-0.05, 0) is 44.2 Å². The number of benzene rings is 2. The van der Waals surface area contributed by atoms with Crippen LogP contribution in [0, 0.1) is 25.5 Å². The first-order valence-corrected chi connectivity index (χ1v) is 9.30. The van der Waals surface area contributed by atoms with Gasteiger partial charge in [0.05, 0.1) is 18.5 Å². The van der Waals surface area contributed by atoms with Crippen LogP contribution in [0.2, 0.25) is 0 Å².